The van der Waals surface area contributed by atoms with E-state index < -0.39 is 12.0 Å². The average molecular weight is 418 g/mol. The van der Waals surface area contributed by atoms with Crippen LogP contribution in [-0.4, -0.2) is 31.6 Å². The van der Waals surface area contributed by atoms with Crippen LogP contribution in [0.5, 0.6) is 11.5 Å². The second-order valence-corrected chi connectivity index (χ2v) is 7.99. The zero-order valence-electron chi connectivity index (χ0n) is 17.1. The topological polar surface area (TPSA) is 67.9 Å². The molecule has 1 heterocycles. The molecule has 0 unspecified atom stereocenters. The van der Waals surface area contributed by atoms with E-state index in [1.807, 2.05) is 20.8 Å². The predicted octanol–water partition coefficient (Wildman–Crippen LogP) is 4.24. The van der Waals surface area contributed by atoms with E-state index in [4.69, 9.17) is 4.74 Å². The molecular formula is C22H24F2N2O4. The zero-order chi connectivity index (χ0) is 21.9. The Labute approximate surface area is 173 Å². The summed E-state index contributed by atoms with van der Waals surface area (Å²) in [6.45, 7) is 3.45. The first-order chi connectivity index (χ1) is 14.1. The van der Waals surface area contributed by atoms with Crippen LogP contribution in [0.3, 0.4) is 0 Å². The number of halogens is 2. The minimum absolute atomic E-state index is 0.00226. The highest BCUT2D eigenvalue weighted by Crippen LogP contribution is 2.36. The maximum absolute atomic E-state index is 12.8. The Bertz CT molecular complexity index is 941. The largest absolute Gasteiger partial charge is 0.490 e. The SMILES string of the molecule is CC(C)(C)C(=O)N1CCOc2ccc(NC(=O)Cc3cccc(OC(F)F)c3)cc21. The number of fused-ring (bicyclic) bond motifs is 1. The van der Waals surface area contributed by atoms with E-state index in [2.05, 4.69) is 10.1 Å². The van der Waals surface area contributed by atoms with Crippen molar-refractivity contribution in [2.75, 3.05) is 23.4 Å². The van der Waals surface area contributed by atoms with E-state index >= 15 is 0 Å². The number of carbonyl (C=O) groups excluding carboxylic acids is 2. The molecule has 0 spiro atoms. The van der Waals surface area contributed by atoms with Crippen molar-refractivity contribution in [2.24, 2.45) is 5.41 Å². The fraction of sp³-hybridized carbons (Fsp3) is 0.364. The fourth-order valence-corrected chi connectivity index (χ4v) is 3.13. The monoisotopic (exact) mass is 418 g/mol. The van der Waals surface area contributed by atoms with Gasteiger partial charge in [-0.1, -0.05) is 32.9 Å². The molecule has 0 atom stereocenters. The normalized spacial score (nSPS) is 13.5. The van der Waals surface area contributed by atoms with Gasteiger partial charge in [-0.3, -0.25) is 9.59 Å². The molecule has 0 saturated carbocycles. The van der Waals surface area contributed by atoms with Gasteiger partial charge >= 0.3 is 6.61 Å². The number of amides is 2. The number of hydrogen-bond donors (Lipinski definition) is 1. The Balaban J connectivity index is 1.73. The molecule has 2 amide bonds. The van der Waals surface area contributed by atoms with Crippen LogP contribution in [0.4, 0.5) is 20.2 Å². The number of carbonyl (C=O) groups is 2. The van der Waals surface area contributed by atoms with Crippen LogP contribution in [0.15, 0.2) is 42.5 Å². The van der Waals surface area contributed by atoms with Crippen LogP contribution in [0, 0.1) is 5.41 Å². The van der Waals surface area contributed by atoms with Gasteiger partial charge in [0.2, 0.25) is 11.8 Å². The molecule has 2 aromatic carbocycles. The molecule has 0 aromatic heterocycles. The van der Waals surface area contributed by atoms with Gasteiger partial charge in [-0.25, -0.2) is 0 Å². The van der Waals surface area contributed by atoms with Gasteiger partial charge in [-0.05, 0) is 35.9 Å². The summed E-state index contributed by atoms with van der Waals surface area (Å²) in [5, 5.41) is 2.78. The van der Waals surface area contributed by atoms with E-state index in [0.29, 0.717) is 35.8 Å². The summed E-state index contributed by atoms with van der Waals surface area (Å²) in [5.74, 6) is 0.215. The van der Waals surface area contributed by atoms with Crippen molar-refractivity contribution < 1.29 is 27.8 Å². The standard InChI is InChI=1S/C22H24F2N2O4/c1-22(2,3)20(28)26-9-10-29-18-8-7-15(13-17(18)26)25-19(27)12-14-5-4-6-16(11-14)30-21(23)24/h4-8,11,13,21H,9-10,12H2,1-3H3,(H,25,27). The maximum atomic E-state index is 12.8. The number of ether oxygens (including phenoxy) is 2. The van der Waals surface area contributed by atoms with Crippen LogP contribution in [-0.2, 0) is 16.0 Å². The lowest BCUT2D eigenvalue weighted by atomic mass is 9.94. The molecule has 8 heteroatoms. The van der Waals surface area contributed by atoms with Crippen LogP contribution in [0.2, 0.25) is 0 Å². The molecule has 6 nitrogen and oxygen atoms in total. The van der Waals surface area contributed by atoms with Gasteiger partial charge in [0.25, 0.3) is 0 Å². The Kier molecular flexibility index (Phi) is 6.24. The van der Waals surface area contributed by atoms with Gasteiger partial charge in [0.15, 0.2) is 0 Å². The van der Waals surface area contributed by atoms with Crippen molar-refractivity contribution in [2.45, 2.75) is 33.8 Å². The second-order valence-electron chi connectivity index (χ2n) is 7.99. The van der Waals surface area contributed by atoms with Crippen LogP contribution >= 0.6 is 0 Å². The van der Waals surface area contributed by atoms with E-state index in [9.17, 15) is 18.4 Å². The van der Waals surface area contributed by atoms with Crippen LogP contribution < -0.4 is 19.7 Å². The minimum Gasteiger partial charge on any atom is -0.490 e. The third-order valence-corrected chi connectivity index (χ3v) is 4.48. The first-order valence-electron chi connectivity index (χ1n) is 9.56. The molecule has 1 aliphatic rings. The maximum Gasteiger partial charge on any atom is 0.387 e. The molecule has 1 aliphatic heterocycles. The van der Waals surface area contributed by atoms with Crippen molar-refractivity contribution in [3.8, 4) is 11.5 Å². The fourth-order valence-electron chi connectivity index (χ4n) is 3.13. The van der Waals surface area contributed by atoms with Crippen molar-refractivity contribution in [3.05, 3.63) is 48.0 Å². The summed E-state index contributed by atoms with van der Waals surface area (Å²) >= 11 is 0. The first kappa shape index (κ1) is 21.5. The predicted molar refractivity (Wildman–Crippen MR) is 109 cm³/mol. The van der Waals surface area contributed by atoms with Crippen LogP contribution in [0.1, 0.15) is 26.3 Å². The molecule has 30 heavy (non-hydrogen) atoms. The highest BCUT2D eigenvalue weighted by molar-refractivity contribution is 6.00. The summed E-state index contributed by atoms with van der Waals surface area (Å²) in [4.78, 5) is 26.9. The Morgan fingerprint density at radius 3 is 2.67 bits per heavy atom. The summed E-state index contributed by atoms with van der Waals surface area (Å²) in [6.07, 6.45) is -0.0152. The molecule has 2 aromatic rings. The van der Waals surface area contributed by atoms with Gasteiger partial charge in [-0.2, -0.15) is 8.78 Å². The smallest absolute Gasteiger partial charge is 0.387 e. The van der Waals surface area contributed by atoms with E-state index in [0.717, 1.165) is 0 Å². The highest BCUT2D eigenvalue weighted by Gasteiger charge is 2.32. The number of benzene rings is 2. The summed E-state index contributed by atoms with van der Waals surface area (Å²) in [5.41, 5.74) is 1.10. The van der Waals surface area contributed by atoms with Gasteiger partial charge in [0, 0.05) is 11.1 Å². The third-order valence-electron chi connectivity index (χ3n) is 4.48. The molecule has 0 radical (unpaired) electrons. The summed E-state index contributed by atoms with van der Waals surface area (Å²) < 4.78 is 34.7. The van der Waals surface area contributed by atoms with Crippen molar-refractivity contribution >= 4 is 23.2 Å². The van der Waals surface area contributed by atoms with Crippen molar-refractivity contribution in [3.63, 3.8) is 0 Å². The number of rotatable bonds is 5. The Hall–Kier alpha value is -3.16. The Morgan fingerprint density at radius 1 is 1.20 bits per heavy atom. The van der Waals surface area contributed by atoms with E-state index in [1.54, 1.807) is 35.2 Å². The average Bonchev–Trinajstić information content (AvgIpc) is 2.66. The lowest BCUT2D eigenvalue weighted by Gasteiger charge is -2.34. The lowest BCUT2D eigenvalue weighted by molar-refractivity contribution is -0.126. The number of nitrogens with one attached hydrogen (secondary N) is 1. The molecule has 0 aliphatic carbocycles. The first-order valence-corrected chi connectivity index (χ1v) is 9.56. The second kappa shape index (κ2) is 8.69. The lowest BCUT2D eigenvalue weighted by Crippen LogP contribution is -2.44. The van der Waals surface area contributed by atoms with Gasteiger partial charge in [-0.15, -0.1) is 0 Å². The third kappa shape index (κ3) is 5.25. The molecule has 0 bridgehead atoms. The number of nitrogens with zero attached hydrogens (tertiary/aromatic N) is 1. The highest BCUT2D eigenvalue weighted by atomic mass is 19.3. The quantitative estimate of drug-likeness (QED) is 0.789. The van der Waals surface area contributed by atoms with Crippen LogP contribution in [0.25, 0.3) is 0 Å². The molecule has 3 rings (SSSR count). The molecule has 0 saturated heterocycles. The molecular weight excluding hydrogens is 394 g/mol. The van der Waals surface area contributed by atoms with Gasteiger partial charge in [0.1, 0.15) is 18.1 Å². The van der Waals surface area contributed by atoms with Gasteiger partial charge < -0.3 is 19.7 Å². The summed E-state index contributed by atoms with van der Waals surface area (Å²) in [6, 6.07) is 11.1. The van der Waals surface area contributed by atoms with Gasteiger partial charge in [0.05, 0.1) is 18.7 Å². The number of hydrogen-bond acceptors (Lipinski definition) is 4. The Morgan fingerprint density at radius 2 is 1.97 bits per heavy atom. The van der Waals surface area contributed by atoms with Crippen molar-refractivity contribution in [1.82, 2.24) is 0 Å². The molecule has 0 fully saturated rings. The number of anilines is 2. The molecule has 160 valence electrons. The van der Waals surface area contributed by atoms with E-state index in [-0.39, 0.29) is 24.0 Å². The molecule has 1 N–H and O–H groups in total. The summed E-state index contributed by atoms with van der Waals surface area (Å²) in [7, 11) is 0. The number of alkyl halides is 2. The van der Waals surface area contributed by atoms with Crippen molar-refractivity contribution in [1.29, 1.82) is 0 Å². The zero-order valence-corrected chi connectivity index (χ0v) is 17.1. The minimum atomic E-state index is -2.93. The van der Waals surface area contributed by atoms with E-state index in [1.165, 1.54) is 12.1 Å².